The molecule has 3 heteroatoms. The highest BCUT2D eigenvalue weighted by Crippen LogP contribution is 2.21. The van der Waals surface area contributed by atoms with Gasteiger partial charge in [0.1, 0.15) is 11.4 Å². The second-order valence-electron chi connectivity index (χ2n) is 5.95. The van der Waals surface area contributed by atoms with E-state index in [2.05, 4.69) is 51.8 Å². The Morgan fingerprint density at radius 1 is 1.18 bits per heavy atom. The molecule has 0 unspecified atom stereocenters. The molecule has 0 aliphatic heterocycles. The van der Waals surface area contributed by atoms with Crippen LogP contribution in [0, 0.1) is 0 Å². The molecule has 0 spiro atoms. The Labute approximate surface area is 105 Å². The standard InChI is InChI=1S/C14H24N2O/c1-7-14(5,6)17-12-10-8-9-11(15-12)16-13(2,3)4/h8-10H,7H2,1-6H3,(H,15,16). The second-order valence-corrected chi connectivity index (χ2v) is 5.95. The fraction of sp³-hybridized carbons (Fsp3) is 0.643. The number of nitrogens with one attached hydrogen (secondary N) is 1. The number of ether oxygens (including phenoxy) is 1. The molecular formula is C14H24N2O. The Morgan fingerprint density at radius 3 is 2.35 bits per heavy atom. The fourth-order valence-electron chi connectivity index (χ4n) is 1.28. The van der Waals surface area contributed by atoms with Crippen molar-refractivity contribution in [3.05, 3.63) is 18.2 Å². The van der Waals surface area contributed by atoms with Crippen LogP contribution in [0.1, 0.15) is 48.0 Å². The van der Waals surface area contributed by atoms with Gasteiger partial charge in [0.25, 0.3) is 0 Å². The Balaban J connectivity index is 2.80. The molecule has 96 valence electrons. The zero-order chi connectivity index (χ0) is 13.1. The topological polar surface area (TPSA) is 34.1 Å². The minimum Gasteiger partial charge on any atom is -0.472 e. The zero-order valence-electron chi connectivity index (χ0n) is 11.8. The Bertz CT molecular complexity index is 367. The highest BCUT2D eigenvalue weighted by Gasteiger charge is 2.18. The van der Waals surface area contributed by atoms with Gasteiger partial charge in [-0.05, 0) is 47.1 Å². The van der Waals surface area contributed by atoms with Crippen LogP contribution >= 0.6 is 0 Å². The molecule has 0 atom stereocenters. The van der Waals surface area contributed by atoms with Crippen LogP contribution in [-0.2, 0) is 0 Å². The van der Waals surface area contributed by atoms with E-state index in [4.69, 9.17) is 4.74 Å². The number of rotatable bonds is 4. The third-order valence-electron chi connectivity index (χ3n) is 2.46. The fourth-order valence-corrected chi connectivity index (χ4v) is 1.28. The average Bonchev–Trinajstić information content (AvgIpc) is 2.14. The van der Waals surface area contributed by atoms with Gasteiger partial charge < -0.3 is 10.1 Å². The van der Waals surface area contributed by atoms with Crippen LogP contribution in [0.4, 0.5) is 5.82 Å². The summed E-state index contributed by atoms with van der Waals surface area (Å²) in [4.78, 5) is 4.46. The second kappa shape index (κ2) is 4.94. The van der Waals surface area contributed by atoms with E-state index in [1.54, 1.807) is 0 Å². The Morgan fingerprint density at radius 2 is 1.82 bits per heavy atom. The van der Waals surface area contributed by atoms with Crippen molar-refractivity contribution in [3.8, 4) is 5.88 Å². The monoisotopic (exact) mass is 236 g/mol. The summed E-state index contributed by atoms with van der Waals surface area (Å²) in [5.74, 6) is 1.52. The summed E-state index contributed by atoms with van der Waals surface area (Å²) in [6, 6.07) is 5.81. The summed E-state index contributed by atoms with van der Waals surface area (Å²) in [7, 11) is 0. The van der Waals surface area contributed by atoms with E-state index >= 15 is 0 Å². The van der Waals surface area contributed by atoms with Gasteiger partial charge in [0.05, 0.1) is 0 Å². The van der Waals surface area contributed by atoms with E-state index < -0.39 is 0 Å². The molecule has 1 aromatic heterocycles. The first-order valence-corrected chi connectivity index (χ1v) is 6.16. The number of pyridine rings is 1. The van der Waals surface area contributed by atoms with Gasteiger partial charge in [0.2, 0.25) is 5.88 Å². The van der Waals surface area contributed by atoms with Gasteiger partial charge in [0.15, 0.2) is 0 Å². The summed E-state index contributed by atoms with van der Waals surface area (Å²) < 4.78 is 5.86. The lowest BCUT2D eigenvalue weighted by molar-refractivity contribution is 0.0992. The summed E-state index contributed by atoms with van der Waals surface area (Å²) in [5.41, 5.74) is -0.167. The molecule has 1 rings (SSSR count). The summed E-state index contributed by atoms with van der Waals surface area (Å²) in [5, 5.41) is 3.33. The third-order valence-corrected chi connectivity index (χ3v) is 2.46. The summed E-state index contributed by atoms with van der Waals surface area (Å²) >= 11 is 0. The van der Waals surface area contributed by atoms with Crippen molar-refractivity contribution in [2.24, 2.45) is 0 Å². The van der Waals surface area contributed by atoms with Crippen molar-refractivity contribution in [1.29, 1.82) is 0 Å². The average molecular weight is 236 g/mol. The molecule has 0 amide bonds. The normalized spacial score (nSPS) is 12.4. The molecule has 0 fully saturated rings. The molecule has 0 saturated carbocycles. The third kappa shape index (κ3) is 5.07. The van der Waals surface area contributed by atoms with Gasteiger partial charge in [-0.15, -0.1) is 0 Å². The van der Waals surface area contributed by atoms with Crippen LogP contribution in [-0.4, -0.2) is 16.1 Å². The van der Waals surface area contributed by atoms with Crippen molar-refractivity contribution in [2.75, 3.05) is 5.32 Å². The van der Waals surface area contributed by atoms with Gasteiger partial charge in [-0.3, -0.25) is 0 Å². The van der Waals surface area contributed by atoms with Crippen LogP contribution in [0.25, 0.3) is 0 Å². The molecule has 1 N–H and O–H groups in total. The van der Waals surface area contributed by atoms with Gasteiger partial charge >= 0.3 is 0 Å². The van der Waals surface area contributed by atoms with Crippen LogP contribution in [0.5, 0.6) is 5.88 Å². The molecular weight excluding hydrogens is 212 g/mol. The number of hydrogen-bond acceptors (Lipinski definition) is 3. The first kappa shape index (κ1) is 13.8. The minimum atomic E-state index is -0.173. The smallest absolute Gasteiger partial charge is 0.215 e. The maximum atomic E-state index is 5.86. The highest BCUT2D eigenvalue weighted by atomic mass is 16.5. The number of anilines is 1. The molecule has 0 aromatic carbocycles. The molecule has 0 saturated heterocycles. The van der Waals surface area contributed by atoms with Crippen molar-refractivity contribution in [2.45, 2.75) is 59.1 Å². The van der Waals surface area contributed by atoms with Crippen molar-refractivity contribution in [1.82, 2.24) is 4.98 Å². The molecule has 0 aliphatic carbocycles. The van der Waals surface area contributed by atoms with Crippen LogP contribution in [0.15, 0.2) is 18.2 Å². The number of hydrogen-bond donors (Lipinski definition) is 1. The molecule has 17 heavy (non-hydrogen) atoms. The molecule has 1 aromatic rings. The first-order chi connectivity index (χ1) is 7.72. The van der Waals surface area contributed by atoms with Gasteiger partial charge in [-0.2, -0.15) is 4.98 Å². The molecule has 3 nitrogen and oxygen atoms in total. The summed E-state index contributed by atoms with van der Waals surface area (Å²) in [6.07, 6.45) is 0.950. The lowest BCUT2D eigenvalue weighted by Crippen LogP contribution is -2.28. The SMILES string of the molecule is CCC(C)(C)Oc1cccc(NC(C)(C)C)n1. The largest absolute Gasteiger partial charge is 0.472 e. The van der Waals surface area contributed by atoms with E-state index in [-0.39, 0.29) is 11.1 Å². The minimum absolute atomic E-state index is 0.00585. The molecule has 0 aliphatic rings. The van der Waals surface area contributed by atoms with E-state index in [0.717, 1.165) is 12.2 Å². The van der Waals surface area contributed by atoms with Crippen LogP contribution in [0.3, 0.4) is 0 Å². The number of nitrogens with zero attached hydrogens (tertiary/aromatic N) is 1. The quantitative estimate of drug-likeness (QED) is 0.862. The van der Waals surface area contributed by atoms with Crippen LogP contribution in [0.2, 0.25) is 0 Å². The first-order valence-electron chi connectivity index (χ1n) is 6.16. The molecule has 0 radical (unpaired) electrons. The van der Waals surface area contributed by atoms with Gasteiger partial charge in [-0.1, -0.05) is 13.0 Å². The lowest BCUT2D eigenvalue weighted by atomic mass is 10.1. The van der Waals surface area contributed by atoms with E-state index in [9.17, 15) is 0 Å². The maximum absolute atomic E-state index is 5.86. The van der Waals surface area contributed by atoms with Gasteiger partial charge in [0, 0.05) is 11.6 Å². The van der Waals surface area contributed by atoms with Gasteiger partial charge in [-0.25, -0.2) is 0 Å². The van der Waals surface area contributed by atoms with Crippen molar-refractivity contribution >= 4 is 5.82 Å². The maximum Gasteiger partial charge on any atom is 0.215 e. The van der Waals surface area contributed by atoms with E-state index in [1.165, 1.54) is 0 Å². The molecule has 1 heterocycles. The van der Waals surface area contributed by atoms with E-state index in [1.807, 2.05) is 18.2 Å². The van der Waals surface area contributed by atoms with E-state index in [0.29, 0.717) is 5.88 Å². The highest BCUT2D eigenvalue weighted by molar-refractivity contribution is 5.39. The molecule has 0 bridgehead atoms. The Kier molecular flexibility index (Phi) is 4.02. The predicted molar refractivity (Wildman–Crippen MR) is 72.6 cm³/mol. The summed E-state index contributed by atoms with van der Waals surface area (Å²) in [6.45, 7) is 12.6. The lowest BCUT2D eigenvalue weighted by Gasteiger charge is -2.25. The Hall–Kier alpha value is -1.25. The zero-order valence-corrected chi connectivity index (χ0v) is 11.8. The predicted octanol–water partition coefficient (Wildman–Crippen LogP) is 3.86. The number of aromatic nitrogens is 1. The van der Waals surface area contributed by atoms with Crippen LogP contribution < -0.4 is 10.1 Å². The van der Waals surface area contributed by atoms with Crippen molar-refractivity contribution < 1.29 is 4.74 Å². The van der Waals surface area contributed by atoms with Crippen molar-refractivity contribution in [3.63, 3.8) is 0 Å².